The Morgan fingerprint density at radius 3 is 1.86 bits per heavy atom. The van der Waals surface area contributed by atoms with Gasteiger partial charge < -0.3 is 64.8 Å². The third kappa shape index (κ3) is 21.3. The normalized spacial score (nSPS) is 31.9. The Hall–Kier alpha value is -7.22. The number of carbonyl (C=O) groups is 12. The summed E-state index contributed by atoms with van der Waals surface area (Å²) in [6.07, 6.45) is -11.6. The number of rotatable bonds is 14. The molecule has 0 aromatic heterocycles. The molecular weight excluding hydrogens is 1430 g/mol. The summed E-state index contributed by atoms with van der Waals surface area (Å²) in [5.74, 6) is -17.2. The van der Waals surface area contributed by atoms with Gasteiger partial charge in [-0.3, -0.25) is 57.5 Å². The van der Waals surface area contributed by atoms with Crippen LogP contribution in [0.3, 0.4) is 0 Å². The number of carbonyl (C=O) groups excluding carboxylic acids is 12. The molecule has 12 amide bonds. The van der Waals surface area contributed by atoms with Crippen molar-refractivity contribution in [3.05, 3.63) is 12.2 Å². The van der Waals surface area contributed by atoms with Gasteiger partial charge in [0.2, 0.25) is 70.9 Å². The summed E-state index contributed by atoms with van der Waals surface area (Å²) in [7, 11) is 9.45. The van der Waals surface area contributed by atoms with E-state index in [2.05, 4.69) is 16.0 Å². The van der Waals surface area contributed by atoms with Crippen LogP contribution in [0.4, 0.5) is 35.1 Å². The molecule has 4 saturated carbocycles. The molecule has 1 spiro atoms. The first-order valence-corrected chi connectivity index (χ1v) is 38.7. The second-order valence-electron chi connectivity index (χ2n) is 31.7. The molecule has 2 bridgehead atoms. The van der Waals surface area contributed by atoms with Gasteiger partial charge in [0, 0.05) is 75.6 Å². The molecular formula is C75H116F8N12O13. The van der Waals surface area contributed by atoms with Crippen LogP contribution in [0.2, 0.25) is 0 Å². The standard InChI is InChI=1S/C75H116F8N12O13/c1-13-33-87(6)67(102)55-39-59(97)91(10)57(43-108-15-3)64(99)85-62(45(5)14-2)70(105)89(8)42-60(98)90(9)53-24-17-16-20-34-94(69(53)104)56(38-46-25-28-49(29-26-46)74(78,79)80)68(103)88(7)41-58(96)84-52(30-27-47-36-50(76)61(51(77)37-47)75(81,82)83)66(101)95-40-44(4)35-54(95)65(100)86-73(31-21-32-73)72(107)93(12)63(71(106)92(55)11)48-22-18-19-23-48/h16-17,44-57,61-63H,13-15,18-43H2,1-12H3,(H,84,96)(H,85,99)(H,86,100)/b17-16-/t44-,45-,46?,47?,49?,50?,51?,52-,53-,54-,55-,56-,57-,61?,62-,63-/m0/s1. The lowest BCUT2D eigenvalue weighted by molar-refractivity contribution is -0.219. The molecule has 0 aromatic rings. The molecule has 33 heteroatoms. The van der Waals surface area contributed by atoms with Gasteiger partial charge in [-0.1, -0.05) is 59.1 Å². The molecule has 12 atom stereocenters. The number of fused-ring (bicyclic) bond motifs is 3. The zero-order valence-corrected chi connectivity index (χ0v) is 64.8. The number of nitrogens with one attached hydrogen (secondary N) is 3. The highest BCUT2D eigenvalue weighted by Gasteiger charge is 2.56. The molecule has 7 rings (SSSR count). The molecule has 3 heterocycles. The van der Waals surface area contributed by atoms with Crippen LogP contribution in [0.25, 0.3) is 0 Å². The number of hydrogen-bond donors (Lipinski definition) is 3. The fraction of sp³-hybridized carbons (Fsp3) is 0.813. The maximum absolute atomic E-state index is 15.6. The van der Waals surface area contributed by atoms with E-state index < -0.39 is 236 Å². The molecule has 0 radical (unpaired) electrons. The summed E-state index contributed by atoms with van der Waals surface area (Å²) in [4.78, 5) is 191. The topological polar surface area (TPSA) is 279 Å². The summed E-state index contributed by atoms with van der Waals surface area (Å²) >= 11 is 0. The first-order chi connectivity index (χ1) is 50.7. The van der Waals surface area contributed by atoms with Crippen molar-refractivity contribution in [1.82, 2.24) is 60.0 Å². The van der Waals surface area contributed by atoms with Gasteiger partial charge in [0.25, 0.3) is 0 Å². The van der Waals surface area contributed by atoms with Crippen LogP contribution in [-0.4, -0.2) is 289 Å². The average molecular weight is 1550 g/mol. The van der Waals surface area contributed by atoms with Crippen molar-refractivity contribution in [2.45, 2.75) is 254 Å². The Balaban J connectivity index is 1.32. The van der Waals surface area contributed by atoms with Crippen LogP contribution >= 0.6 is 0 Å². The maximum Gasteiger partial charge on any atom is 0.397 e. The first kappa shape index (κ1) is 88.0. The number of nitrogens with zero attached hydrogens (tertiary/aromatic N) is 9. The third-order valence-electron chi connectivity index (χ3n) is 24.0. The fourth-order valence-corrected chi connectivity index (χ4v) is 17.0. The summed E-state index contributed by atoms with van der Waals surface area (Å²) in [5.41, 5.74) is -1.66. The van der Waals surface area contributed by atoms with Crippen molar-refractivity contribution in [2.24, 2.45) is 41.4 Å². The summed E-state index contributed by atoms with van der Waals surface area (Å²) < 4.78 is 121. The highest BCUT2D eigenvalue weighted by Crippen LogP contribution is 2.46. The fourth-order valence-electron chi connectivity index (χ4n) is 17.0. The second kappa shape index (κ2) is 38.1. The lowest BCUT2D eigenvalue weighted by atomic mass is 9.74. The quantitative estimate of drug-likeness (QED) is 0.126. The van der Waals surface area contributed by atoms with Gasteiger partial charge in [-0.05, 0) is 152 Å². The number of halogens is 8. The molecule has 6 fully saturated rings. The van der Waals surface area contributed by atoms with Crippen molar-refractivity contribution in [1.29, 1.82) is 0 Å². The molecule has 4 aliphatic carbocycles. The van der Waals surface area contributed by atoms with E-state index in [1.807, 2.05) is 6.92 Å². The number of alkyl halides is 8. The predicted molar refractivity (Wildman–Crippen MR) is 381 cm³/mol. The summed E-state index contributed by atoms with van der Waals surface area (Å²) in [6.45, 7) is 6.74. The zero-order valence-electron chi connectivity index (χ0n) is 64.8. The minimum Gasteiger partial charge on any atom is -0.379 e. The van der Waals surface area contributed by atoms with Crippen LogP contribution in [0, 0.1) is 41.4 Å². The summed E-state index contributed by atoms with van der Waals surface area (Å²) in [5, 5.41) is 8.37. The Bertz CT molecular complexity index is 3210. The molecule has 0 aromatic carbocycles. The molecule has 2 saturated heterocycles. The van der Waals surface area contributed by atoms with Crippen molar-refractivity contribution >= 4 is 70.9 Å². The second-order valence-corrected chi connectivity index (χ2v) is 31.7. The van der Waals surface area contributed by atoms with E-state index in [1.54, 1.807) is 39.8 Å². The monoisotopic (exact) mass is 1540 g/mol. The predicted octanol–water partition coefficient (Wildman–Crippen LogP) is 6.35. The Morgan fingerprint density at radius 1 is 0.657 bits per heavy atom. The van der Waals surface area contributed by atoms with E-state index in [0.717, 1.165) is 24.5 Å². The largest absolute Gasteiger partial charge is 0.397 e. The van der Waals surface area contributed by atoms with E-state index in [0.29, 0.717) is 44.9 Å². The van der Waals surface area contributed by atoms with Gasteiger partial charge in [0.05, 0.1) is 32.0 Å². The van der Waals surface area contributed by atoms with E-state index >= 15 is 37.5 Å². The molecule has 7 aliphatic rings. The number of likely N-dealkylation sites (N-methyl/N-ethyl adjacent to an activating group) is 7. The Kier molecular flexibility index (Phi) is 31.1. The Labute approximate surface area is 629 Å². The van der Waals surface area contributed by atoms with Crippen molar-refractivity contribution in [2.75, 3.05) is 95.3 Å². The van der Waals surface area contributed by atoms with Gasteiger partial charge in [0.1, 0.15) is 72.1 Å². The molecule has 3 N–H and O–H groups in total. The highest BCUT2D eigenvalue weighted by molar-refractivity contribution is 6.01. The minimum atomic E-state index is -5.21. The lowest BCUT2D eigenvalue weighted by Gasteiger charge is -2.47. The van der Waals surface area contributed by atoms with Crippen molar-refractivity contribution < 1.29 is 97.4 Å². The third-order valence-corrected chi connectivity index (χ3v) is 24.0. The van der Waals surface area contributed by atoms with Crippen molar-refractivity contribution in [3.63, 3.8) is 0 Å². The van der Waals surface area contributed by atoms with Crippen LogP contribution in [0.15, 0.2) is 12.2 Å². The molecule has 3 aliphatic heterocycles. The van der Waals surface area contributed by atoms with Gasteiger partial charge in [-0.25, -0.2) is 8.78 Å². The van der Waals surface area contributed by atoms with E-state index in [-0.39, 0.29) is 96.9 Å². The average Bonchev–Trinajstić information content (AvgIpc) is 1.02. The van der Waals surface area contributed by atoms with Crippen LogP contribution in [-0.2, 0) is 62.3 Å². The SMILES string of the molecule is CCCN(C)C(=O)[C@@H]1CC(=O)N(C)[C@@H](COCC)C(=O)N[C@@H]([C@@H](C)CC)C(=O)N(C)CC(=O)N(C)[C@H]2C/C=C\CCN(C2=O)[C@@H](CC2CCC(C(F)(F)F)CC2)C(=O)N(C)CC(=O)N[C@@H](CCC2CC(F)C(C(F)(F)F)C(F)C2)C(=O)N2C[C@@H](C)C[C@H]2C(=O)NC2(CCC2)C(=O)N(C)[C@@H](C2CCCC2)C(=O)N1C. The van der Waals surface area contributed by atoms with Crippen LogP contribution in [0.1, 0.15) is 176 Å². The molecule has 25 nitrogen and oxygen atoms in total. The number of amides is 12. The van der Waals surface area contributed by atoms with E-state index in [9.17, 15) is 55.1 Å². The van der Waals surface area contributed by atoms with Gasteiger partial charge in [0.15, 0.2) is 0 Å². The highest BCUT2D eigenvalue weighted by atomic mass is 19.4. The van der Waals surface area contributed by atoms with Crippen molar-refractivity contribution in [3.8, 4) is 0 Å². The molecule has 108 heavy (non-hydrogen) atoms. The van der Waals surface area contributed by atoms with Gasteiger partial charge in [-0.15, -0.1) is 0 Å². The summed E-state index contributed by atoms with van der Waals surface area (Å²) in [6, 6.07) is -11.5. The lowest BCUT2D eigenvalue weighted by Crippen LogP contribution is -2.68. The molecule has 2 unspecified atom stereocenters. The maximum atomic E-state index is 15.6. The zero-order chi connectivity index (χ0) is 80.2. The minimum absolute atomic E-state index is 0.00170. The first-order valence-electron chi connectivity index (χ1n) is 38.7. The van der Waals surface area contributed by atoms with Gasteiger partial charge >= 0.3 is 12.4 Å². The number of hydrogen-bond acceptors (Lipinski definition) is 13. The van der Waals surface area contributed by atoms with E-state index in [1.165, 1.54) is 68.9 Å². The van der Waals surface area contributed by atoms with E-state index in [4.69, 9.17) is 4.74 Å². The smallest absolute Gasteiger partial charge is 0.379 e. The van der Waals surface area contributed by atoms with Gasteiger partial charge in [-0.2, -0.15) is 26.3 Å². The molecule has 610 valence electrons. The van der Waals surface area contributed by atoms with Crippen LogP contribution < -0.4 is 16.0 Å². The number of ether oxygens (including phenoxy) is 1. The Morgan fingerprint density at radius 2 is 1.29 bits per heavy atom. The van der Waals surface area contributed by atoms with Crippen LogP contribution in [0.5, 0.6) is 0 Å².